The van der Waals surface area contributed by atoms with Crippen molar-refractivity contribution in [2.75, 3.05) is 0 Å². The molecule has 0 aromatic heterocycles. The molecule has 0 heterocycles. The molecule has 0 rings (SSSR count). The van der Waals surface area contributed by atoms with Crippen LogP contribution in [0.25, 0.3) is 0 Å². The molecule has 11 heteroatoms. The van der Waals surface area contributed by atoms with Gasteiger partial charge >= 0.3 is 0 Å². The van der Waals surface area contributed by atoms with Gasteiger partial charge in [0.25, 0.3) is 0 Å². The van der Waals surface area contributed by atoms with Crippen LogP contribution in [0.3, 0.4) is 0 Å². The van der Waals surface area contributed by atoms with Gasteiger partial charge in [0.1, 0.15) is 63.6 Å². The molecule has 0 aliphatic heterocycles. The third-order valence-electron chi connectivity index (χ3n) is 14.4. The molecule has 1 unspecified atom stereocenters. The van der Waals surface area contributed by atoms with Crippen LogP contribution in [0.1, 0.15) is 381 Å². The monoisotopic (exact) mass is 1370 g/mol. The maximum atomic E-state index is 11.2. The van der Waals surface area contributed by atoms with Gasteiger partial charge in [-0.25, -0.2) is 0 Å². The van der Waals surface area contributed by atoms with E-state index in [2.05, 4.69) is 76.2 Å². The Labute approximate surface area is 599 Å². The first-order chi connectivity index (χ1) is 42.9. The zero-order valence-electron chi connectivity index (χ0n) is 72.3. The van der Waals surface area contributed by atoms with E-state index < -0.39 is 0 Å². The number of hydrogen-bond acceptors (Lipinski definition) is 11. The molecule has 0 saturated carbocycles. The highest BCUT2D eigenvalue weighted by Gasteiger charge is 2.23. The van der Waals surface area contributed by atoms with Crippen molar-refractivity contribution >= 4 is 63.6 Å². The Morgan fingerprint density at radius 2 is 0.615 bits per heavy atom. The van der Waals surface area contributed by atoms with Crippen molar-refractivity contribution in [3.8, 4) is 0 Å². The summed E-state index contributed by atoms with van der Waals surface area (Å²) in [5.41, 5.74) is 0.292. The summed E-state index contributed by atoms with van der Waals surface area (Å²) in [6.45, 7) is 85.3. The first-order valence-corrected chi connectivity index (χ1v) is 37.7. The molecule has 0 bridgehead atoms. The molecule has 0 aromatic carbocycles. The molecule has 0 N–H and O–H groups in total. The maximum Gasteiger partial charge on any atom is 0.140 e. The molecule has 1 atom stereocenters. The summed E-state index contributed by atoms with van der Waals surface area (Å²) in [7, 11) is 0. The van der Waals surface area contributed by atoms with Crippen molar-refractivity contribution < 1.29 is 52.7 Å². The first kappa shape index (κ1) is 116. The van der Waals surface area contributed by atoms with Crippen LogP contribution in [0.15, 0.2) is 0 Å². The molecular formula is C85H170O11. The van der Waals surface area contributed by atoms with Gasteiger partial charge in [0.05, 0.1) is 0 Å². The third-order valence-corrected chi connectivity index (χ3v) is 14.4. The molecule has 0 aliphatic rings. The number of carbonyl (C=O) groups excluding carboxylic acids is 11. The zero-order chi connectivity index (χ0) is 79.7. The average molecular weight is 1370 g/mol. The maximum absolute atomic E-state index is 11.2. The Bertz CT molecular complexity index is 1970. The predicted octanol–water partition coefficient (Wildman–Crippen LogP) is 24.2. The van der Waals surface area contributed by atoms with Crippen LogP contribution in [0.2, 0.25) is 0 Å². The van der Waals surface area contributed by atoms with Crippen molar-refractivity contribution in [1.29, 1.82) is 0 Å². The highest BCUT2D eigenvalue weighted by Crippen LogP contribution is 2.23. The fourth-order valence-corrected chi connectivity index (χ4v) is 6.76. The molecule has 0 aromatic rings. The molecule has 0 fully saturated rings. The number of hydrogen-bond donors (Lipinski definition) is 0. The van der Waals surface area contributed by atoms with Gasteiger partial charge in [-0.1, -0.05) is 297 Å². The third kappa shape index (κ3) is 99.0. The molecule has 0 amide bonds. The lowest BCUT2D eigenvalue weighted by Gasteiger charge is -2.18. The lowest BCUT2D eigenvalue weighted by Crippen LogP contribution is -2.24. The van der Waals surface area contributed by atoms with E-state index in [4.69, 9.17) is 0 Å². The van der Waals surface area contributed by atoms with Gasteiger partial charge in [0.2, 0.25) is 0 Å². The second-order valence-corrected chi connectivity index (χ2v) is 34.0. The van der Waals surface area contributed by atoms with Gasteiger partial charge in [-0.05, 0) is 61.7 Å². The van der Waals surface area contributed by atoms with E-state index in [-0.39, 0.29) is 93.5 Å². The molecule has 576 valence electrons. The van der Waals surface area contributed by atoms with Gasteiger partial charge in [-0.15, -0.1) is 0 Å². The van der Waals surface area contributed by atoms with Crippen molar-refractivity contribution in [1.82, 2.24) is 0 Å². The second-order valence-electron chi connectivity index (χ2n) is 34.0. The molecular weight excluding hydrogens is 1200 g/mol. The minimum atomic E-state index is -0.159. The van der Waals surface area contributed by atoms with Crippen molar-refractivity contribution in [2.45, 2.75) is 381 Å². The van der Waals surface area contributed by atoms with E-state index in [9.17, 15) is 52.7 Å². The molecule has 0 spiro atoms. The summed E-state index contributed by atoms with van der Waals surface area (Å²) in [4.78, 5) is 120. The molecule has 0 aliphatic carbocycles. The molecule has 11 nitrogen and oxygen atoms in total. The van der Waals surface area contributed by atoms with Crippen molar-refractivity contribution in [3.63, 3.8) is 0 Å². The highest BCUT2D eigenvalue weighted by molar-refractivity contribution is 5.86. The van der Waals surface area contributed by atoms with Crippen molar-refractivity contribution in [3.05, 3.63) is 0 Å². The largest absolute Gasteiger partial charge is 0.300 e. The fourth-order valence-electron chi connectivity index (χ4n) is 6.76. The summed E-state index contributed by atoms with van der Waals surface area (Å²) in [5.74, 6) is 7.95. The van der Waals surface area contributed by atoms with Gasteiger partial charge in [-0.3, -0.25) is 52.7 Å². The van der Waals surface area contributed by atoms with Crippen LogP contribution in [-0.4, -0.2) is 63.6 Å². The standard InChI is InChI=1S/C10H20O.2C9H18O.4C8H16O.2C7H14O.C6H12O.C5H10O/c1-8(2)9(11)6-7-10(3,4)5;1-7(2)8(10)6-9(3,4)5;1-7(2)5-6-9(10)8(3)4;1-6(2)7(9)8(3,4)5;1-6(2)5-8(9)7(3)4;1-5-7(4)8(9)6(2)3;1-4-5-6-8(9)7(2)3;1-5(2)7(8)6(3)4;1-4-5-7(8)6(2)3;1-4-6(7)5(2)3;1-4(2)5(3)6/h8H,6-7H2,1-5H3;7H,6H2,1-5H3;7-8H,5-6H2,1-4H3;6H,1-5H3;2*6-7H,5H2,1-4H3;7H,4-6H2,1-3H3;5-6H,1-4H3;6H,4-5H2,1-3H3;5H,4H2,1-3H3;4H,1-3H3. The van der Waals surface area contributed by atoms with E-state index in [1.54, 1.807) is 6.92 Å². The summed E-state index contributed by atoms with van der Waals surface area (Å²) in [5, 5.41) is 0. The molecule has 96 heavy (non-hydrogen) atoms. The molecule has 0 saturated heterocycles. The quantitative estimate of drug-likeness (QED) is 0.0725. The topological polar surface area (TPSA) is 188 Å². The van der Waals surface area contributed by atoms with Gasteiger partial charge < -0.3 is 0 Å². The van der Waals surface area contributed by atoms with E-state index in [1.165, 1.54) is 0 Å². The average Bonchev–Trinajstić information content (AvgIpc) is 3.63. The fraction of sp³-hybridized carbons (Fsp3) is 0.871. The van der Waals surface area contributed by atoms with Crippen molar-refractivity contribution in [2.24, 2.45) is 105 Å². The normalized spacial score (nSPS) is 11.3. The number of ketones is 11. The highest BCUT2D eigenvalue weighted by atomic mass is 16.2. The van der Waals surface area contributed by atoms with Crippen LogP contribution < -0.4 is 0 Å². The van der Waals surface area contributed by atoms with Gasteiger partial charge in [0, 0.05) is 127 Å². The van der Waals surface area contributed by atoms with E-state index in [0.717, 1.165) is 70.6 Å². The SMILES string of the molecule is CC(=O)C(C)C.CC(C)C(=O)C(C)(C)C.CC(C)C(=O)C(C)C.CC(C)C(=O)CC(C)(C)C.CC(C)C(=O)CCC(C)(C)C.CC(C)CC(=O)C(C)C.CC(C)CCC(=O)C(C)C.CCC(=O)C(C)C.CCC(C)C(=O)C(C)C.CCCC(=O)C(C)C.CCCCC(=O)C(C)C. The lowest BCUT2D eigenvalue weighted by molar-refractivity contribution is -0.129. The Balaban J connectivity index is -0.0000000923. The zero-order valence-corrected chi connectivity index (χ0v) is 72.3. The van der Waals surface area contributed by atoms with Crippen LogP contribution in [0, 0.1) is 105 Å². The Morgan fingerprint density at radius 1 is 0.302 bits per heavy atom. The van der Waals surface area contributed by atoms with E-state index in [0.29, 0.717) is 87.9 Å². The number of Topliss-reactive ketones (excluding diaryl/α,β-unsaturated/α-hetero) is 11. The van der Waals surface area contributed by atoms with Crippen LogP contribution in [0.5, 0.6) is 0 Å². The van der Waals surface area contributed by atoms with Crippen LogP contribution in [0.4, 0.5) is 0 Å². The minimum Gasteiger partial charge on any atom is -0.300 e. The second kappa shape index (κ2) is 67.2. The van der Waals surface area contributed by atoms with Crippen LogP contribution in [-0.2, 0) is 52.7 Å². The minimum absolute atomic E-state index is 0.154. The number of carbonyl (C=O) groups is 11. The first-order valence-electron chi connectivity index (χ1n) is 37.7. The van der Waals surface area contributed by atoms with E-state index in [1.807, 2.05) is 215 Å². The lowest BCUT2D eigenvalue weighted by atomic mass is 9.85. The smallest absolute Gasteiger partial charge is 0.140 e. The Kier molecular flexibility index (Phi) is 81.5. The summed E-state index contributed by atoms with van der Waals surface area (Å²) >= 11 is 0. The Hall–Kier alpha value is -3.63. The number of unbranched alkanes of at least 4 members (excludes halogenated alkanes) is 1. The number of rotatable bonds is 28. The summed E-state index contributed by atoms with van der Waals surface area (Å²) in [6, 6.07) is 0. The summed E-state index contributed by atoms with van der Waals surface area (Å²) < 4.78 is 0. The molecule has 0 radical (unpaired) electrons. The van der Waals surface area contributed by atoms with Crippen LogP contribution >= 0.6 is 0 Å². The van der Waals surface area contributed by atoms with Gasteiger partial charge in [-0.2, -0.15) is 0 Å². The van der Waals surface area contributed by atoms with Gasteiger partial charge in [0.15, 0.2) is 0 Å². The predicted molar refractivity (Wildman–Crippen MR) is 419 cm³/mol. The van der Waals surface area contributed by atoms with E-state index >= 15 is 0 Å². The Morgan fingerprint density at radius 3 is 0.750 bits per heavy atom. The summed E-state index contributed by atoms with van der Waals surface area (Å²) in [6.07, 6.45) is 11.3.